The van der Waals surface area contributed by atoms with Crippen LogP contribution in [0.1, 0.15) is 16.2 Å². The number of hydrogen-bond acceptors (Lipinski definition) is 2. The molecule has 52 valence electrons. The second kappa shape index (κ2) is 2.56. The van der Waals surface area contributed by atoms with Crippen LogP contribution in [0.15, 0.2) is 12.1 Å². The minimum atomic E-state index is -0.384. The molecule has 1 heterocycles. The molecule has 1 rings (SSSR count). The molecule has 1 aromatic heterocycles. The number of halogens is 1. The van der Waals surface area contributed by atoms with Crippen molar-refractivity contribution in [3.05, 3.63) is 29.3 Å². The first-order valence-corrected chi connectivity index (χ1v) is 2.82. The van der Waals surface area contributed by atoms with Crippen LogP contribution in [-0.2, 0) is 0 Å². The van der Waals surface area contributed by atoms with Crippen molar-refractivity contribution in [2.75, 3.05) is 0 Å². The van der Waals surface area contributed by atoms with E-state index in [0.717, 1.165) is 0 Å². The van der Waals surface area contributed by atoms with Crippen LogP contribution in [0.25, 0.3) is 0 Å². The van der Waals surface area contributed by atoms with E-state index < -0.39 is 0 Å². The van der Waals surface area contributed by atoms with E-state index in [1.165, 1.54) is 19.1 Å². The molecule has 0 spiro atoms. The summed E-state index contributed by atoms with van der Waals surface area (Å²) in [5, 5.41) is 0. The Morgan fingerprint density at radius 1 is 1.60 bits per heavy atom. The Morgan fingerprint density at radius 2 is 2.30 bits per heavy atom. The van der Waals surface area contributed by atoms with Gasteiger partial charge in [0.25, 0.3) is 0 Å². The van der Waals surface area contributed by atoms with Crippen molar-refractivity contribution in [2.45, 2.75) is 6.92 Å². The molecule has 0 N–H and O–H groups in total. The molecule has 0 aliphatic heterocycles. The van der Waals surface area contributed by atoms with E-state index in [1.807, 2.05) is 0 Å². The summed E-state index contributed by atoms with van der Waals surface area (Å²) in [4.78, 5) is 13.7. The number of carbonyl (C=O) groups excluding carboxylic acids is 1. The maximum atomic E-state index is 12.5. The van der Waals surface area contributed by atoms with E-state index in [1.54, 1.807) is 0 Å². The molecule has 0 aromatic carbocycles. The van der Waals surface area contributed by atoms with Crippen LogP contribution in [0.4, 0.5) is 4.39 Å². The molecule has 0 bridgehead atoms. The van der Waals surface area contributed by atoms with Crippen LogP contribution < -0.4 is 0 Å². The summed E-state index contributed by atoms with van der Waals surface area (Å²) in [5.41, 5.74) is 0.517. The molecule has 0 saturated heterocycles. The van der Waals surface area contributed by atoms with Gasteiger partial charge in [-0.3, -0.25) is 4.79 Å². The Labute approximate surface area is 57.7 Å². The number of pyridine rings is 1. The molecule has 0 atom stereocenters. The van der Waals surface area contributed by atoms with Gasteiger partial charge in [0, 0.05) is 0 Å². The first-order valence-electron chi connectivity index (χ1n) is 2.82. The van der Waals surface area contributed by atoms with Crippen molar-refractivity contribution >= 4 is 6.29 Å². The van der Waals surface area contributed by atoms with Gasteiger partial charge in [0.1, 0.15) is 11.5 Å². The van der Waals surface area contributed by atoms with Crippen LogP contribution >= 0.6 is 0 Å². The Hall–Kier alpha value is -1.25. The van der Waals surface area contributed by atoms with Crippen molar-refractivity contribution in [1.29, 1.82) is 0 Å². The van der Waals surface area contributed by atoms with Crippen LogP contribution in [0.5, 0.6) is 0 Å². The Kier molecular flexibility index (Phi) is 1.76. The Morgan fingerprint density at radius 3 is 2.80 bits per heavy atom. The largest absolute Gasteiger partial charge is 0.296 e. The fourth-order valence-electron chi connectivity index (χ4n) is 0.629. The van der Waals surface area contributed by atoms with Gasteiger partial charge in [-0.15, -0.1) is 0 Å². The molecule has 3 heteroatoms. The number of aldehydes is 1. The minimum Gasteiger partial charge on any atom is -0.296 e. The lowest BCUT2D eigenvalue weighted by molar-refractivity contribution is 0.111. The highest BCUT2D eigenvalue weighted by Gasteiger charge is 1.97. The average molecular weight is 139 g/mol. The topological polar surface area (TPSA) is 30.0 Å². The summed E-state index contributed by atoms with van der Waals surface area (Å²) in [6, 6.07) is 2.57. The van der Waals surface area contributed by atoms with Crippen molar-refractivity contribution < 1.29 is 9.18 Å². The third-order valence-corrected chi connectivity index (χ3v) is 1.16. The van der Waals surface area contributed by atoms with E-state index in [4.69, 9.17) is 0 Å². The van der Waals surface area contributed by atoms with Crippen LogP contribution in [-0.4, -0.2) is 11.3 Å². The second-order valence-electron chi connectivity index (χ2n) is 1.92. The fraction of sp³-hybridized carbons (Fsp3) is 0.143. The third-order valence-electron chi connectivity index (χ3n) is 1.16. The van der Waals surface area contributed by atoms with Crippen LogP contribution in [0, 0.1) is 12.7 Å². The number of hydrogen-bond donors (Lipinski definition) is 0. The maximum Gasteiger partial charge on any atom is 0.168 e. The number of aryl methyl sites for hydroxylation is 1. The Bertz CT molecular complexity index is 260. The summed E-state index contributed by atoms with van der Waals surface area (Å²) in [7, 11) is 0. The zero-order valence-electron chi connectivity index (χ0n) is 5.47. The summed E-state index contributed by atoms with van der Waals surface area (Å²) < 4.78 is 12.5. The van der Waals surface area contributed by atoms with Gasteiger partial charge in [-0.05, 0) is 19.1 Å². The smallest absolute Gasteiger partial charge is 0.168 e. The molecule has 0 aliphatic carbocycles. The summed E-state index contributed by atoms with van der Waals surface area (Å²) in [5.74, 6) is -0.384. The highest BCUT2D eigenvalue weighted by atomic mass is 19.1. The molecule has 0 aliphatic rings. The average Bonchev–Trinajstić information content (AvgIpc) is 1.95. The maximum absolute atomic E-state index is 12.5. The van der Waals surface area contributed by atoms with Gasteiger partial charge in [0.2, 0.25) is 0 Å². The van der Waals surface area contributed by atoms with Gasteiger partial charge in [-0.25, -0.2) is 9.37 Å². The zero-order chi connectivity index (χ0) is 7.56. The highest BCUT2D eigenvalue weighted by molar-refractivity contribution is 5.71. The van der Waals surface area contributed by atoms with Gasteiger partial charge >= 0.3 is 0 Å². The van der Waals surface area contributed by atoms with Crippen molar-refractivity contribution in [3.63, 3.8) is 0 Å². The normalized spacial score (nSPS) is 9.40. The van der Waals surface area contributed by atoms with Gasteiger partial charge in [-0.2, -0.15) is 0 Å². The predicted octanol–water partition coefficient (Wildman–Crippen LogP) is 1.34. The van der Waals surface area contributed by atoms with Gasteiger partial charge in [0.15, 0.2) is 6.29 Å². The monoisotopic (exact) mass is 139 g/mol. The molecule has 0 radical (unpaired) electrons. The number of carbonyl (C=O) groups is 1. The number of nitrogens with zero attached hydrogens (tertiary/aromatic N) is 1. The number of aromatic nitrogens is 1. The highest BCUT2D eigenvalue weighted by Crippen LogP contribution is 2.01. The van der Waals surface area contributed by atoms with E-state index in [9.17, 15) is 9.18 Å². The molecular formula is C7H6FNO. The first-order chi connectivity index (χ1) is 4.74. The van der Waals surface area contributed by atoms with Gasteiger partial charge in [-0.1, -0.05) is 0 Å². The van der Waals surface area contributed by atoms with E-state index in [0.29, 0.717) is 6.29 Å². The summed E-state index contributed by atoms with van der Waals surface area (Å²) >= 11 is 0. The van der Waals surface area contributed by atoms with Gasteiger partial charge in [0.05, 0.1) is 5.69 Å². The zero-order valence-corrected chi connectivity index (χ0v) is 5.47. The number of rotatable bonds is 1. The SMILES string of the molecule is Cc1nc(C=O)ccc1F. The third kappa shape index (κ3) is 1.18. The standard InChI is InChI=1S/C7H6FNO/c1-5-7(8)3-2-6(4-10)9-5/h2-4H,1H3. The lowest BCUT2D eigenvalue weighted by Gasteiger charge is -1.93. The molecule has 0 amide bonds. The summed E-state index contributed by atoms with van der Waals surface area (Å²) in [6.07, 6.45) is 0.590. The molecule has 0 unspecified atom stereocenters. The Balaban J connectivity index is 3.16. The quantitative estimate of drug-likeness (QED) is 0.549. The molecule has 0 fully saturated rings. The fourth-order valence-corrected chi connectivity index (χ4v) is 0.629. The van der Waals surface area contributed by atoms with Crippen molar-refractivity contribution in [3.8, 4) is 0 Å². The van der Waals surface area contributed by atoms with Crippen LogP contribution in [0.2, 0.25) is 0 Å². The lowest BCUT2D eigenvalue weighted by Crippen LogP contribution is -1.92. The van der Waals surface area contributed by atoms with E-state index >= 15 is 0 Å². The van der Waals surface area contributed by atoms with Gasteiger partial charge < -0.3 is 0 Å². The van der Waals surface area contributed by atoms with E-state index in [-0.39, 0.29) is 17.2 Å². The molecule has 10 heavy (non-hydrogen) atoms. The first kappa shape index (κ1) is 6.86. The summed E-state index contributed by atoms with van der Waals surface area (Å²) in [6.45, 7) is 1.52. The van der Waals surface area contributed by atoms with Crippen molar-refractivity contribution in [2.24, 2.45) is 0 Å². The molecular weight excluding hydrogens is 133 g/mol. The molecule has 2 nitrogen and oxygen atoms in total. The van der Waals surface area contributed by atoms with Crippen LogP contribution in [0.3, 0.4) is 0 Å². The van der Waals surface area contributed by atoms with E-state index in [2.05, 4.69) is 4.98 Å². The molecule has 0 saturated carbocycles. The second-order valence-corrected chi connectivity index (χ2v) is 1.92. The van der Waals surface area contributed by atoms with Crippen molar-refractivity contribution in [1.82, 2.24) is 4.98 Å². The molecule has 1 aromatic rings. The minimum absolute atomic E-state index is 0.254. The lowest BCUT2D eigenvalue weighted by atomic mass is 10.3. The predicted molar refractivity (Wildman–Crippen MR) is 34.3 cm³/mol.